The summed E-state index contributed by atoms with van der Waals surface area (Å²) >= 11 is 0. The lowest BCUT2D eigenvalue weighted by molar-refractivity contribution is 0.386. The molecule has 0 saturated carbocycles. The number of rotatable bonds is 4. The third-order valence-corrected chi connectivity index (χ3v) is 3.47. The molecular formula is C18H16FN3O2. The van der Waals surface area contributed by atoms with Gasteiger partial charge in [-0.3, -0.25) is 9.78 Å². The number of nitrogens with zero attached hydrogens (tertiary/aromatic N) is 1. The average molecular weight is 325 g/mol. The molecule has 0 fully saturated rings. The highest BCUT2D eigenvalue weighted by molar-refractivity contribution is 5.62. The second-order valence-electron chi connectivity index (χ2n) is 5.32. The molecule has 0 aliphatic rings. The van der Waals surface area contributed by atoms with Crippen molar-refractivity contribution in [1.29, 1.82) is 0 Å². The summed E-state index contributed by atoms with van der Waals surface area (Å²) in [6.07, 6.45) is 0. The summed E-state index contributed by atoms with van der Waals surface area (Å²) in [6, 6.07) is 13.5. The van der Waals surface area contributed by atoms with Gasteiger partial charge in [0.15, 0.2) is 11.6 Å². The number of nitrogens with one attached hydrogen (secondary N) is 2. The van der Waals surface area contributed by atoms with E-state index in [4.69, 9.17) is 4.74 Å². The third kappa shape index (κ3) is 3.43. The van der Waals surface area contributed by atoms with E-state index < -0.39 is 5.82 Å². The van der Waals surface area contributed by atoms with Gasteiger partial charge in [0.05, 0.1) is 12.8 Å². The number of methoxy groups -OCH3 is 1. The molecule has 0 atom stereocenters. The van der Waals surface area contributed by atoms with Gasteiger partial charge >= 0.3 is 0 Å². The first-order chi connectivity index (χ1) is 11.5. The zero-order chi connectivity index (χ0) is 17.1. The standard InChI is InChI=1S/C18H16FN3O2/c1-11-4-3-5-12(8-11)15-10-17(23)22-18(21-15)20-13-6-7-16(24-2)14(19)9-13/h3-10H,1-2H3,(H2,20,21,22,23). The first kappa shape index (κ1) is 15.7. The van der Waals surface area contributed by atoms with Crippen LogP contribution in [-0.2, 0) is 0 Å². The Kier molecular flexibility index (Phi) is 4.29. The Hall–Kier alpha value is -3.15. The van der Waals surface area contributed by atoms with Gasteiger partial charge in [-0.05, 0) is 25.1 Å². The topological polar surface area (TPSA) is 67.0 Å². The maximum absolute atomic E-state index is 13.8. The van der Waals surface area contributed by atoms with Crippen LogP contribution in [0.4, 0.5) is 16.0 Å². The van der Waals surface area contributed by atoms with Crippen LogP contribution in [0.15, 0.2) is 53.3 Å². The summed E-state index contributed by atoms with van der Waals surface area (Å²) in [6.45, 7) is 1.97. The van der Waals surface area contributed by atoms with E-state index >= 15 is 0 Å². The normalized spacial score (nSPS) is 10.5. The number of aryl methyl sites for hydroxylation is 1. The van der Waals surface area contributed by atoms with E-state index in [0.717, 1.165) is 11.1 Å². The zero-order valence-electron chi connectivity index (χ0n) is 13.3. The van der Waals surface area contributed by atoms with Crippen LogP contribution in [0.1, 0.15) is 5.56 Å². The van der Waals surface area contributed by atoms with Crippen LogP contribution in [0.3, 0.4) is 0 Å². The van der Waals surface area contributed by atoms with Crippen LogP contribution >= 0.6 is 0 Å². The fourth-order valence-electron chi connectivity index (χ4n) is 2.35. The molecule has 3 rings (SSSR count). The lowest BCUT2D eigenvalue weighted by Gasteiger charge is -2.09. The van der Waals surface area contributed by atoms with Crippen LogP contribution in [-0.4, -0.2) is 17.1 Å². The van der Waals surface area contributed by atoms with E-state index in [2.05, 4.69) is 15.3 Å². The molecule has 3 aromatic rings. The van der Waals surface area contributed by atoms with Crippen LogP contribution in [0.2, 0.25) is 0 Å². The number of aromatic nitrogens is 2. The summed E-state index contributed by atoms with van der Waals surface area (Å²) in [7, 11) is 1.40. The van der Waals surface area contributed by atoms with E-state index in [1.54, 1.807) is 6.07 Å². The first-order valence-corrected chi connectivity index (χ1v) is 7.34. The van der Waals surface area contributed by atoms with Gasteiger partial charge in [0, 0.05) is 23.4 Å². The first-order valence-electron chi connectivity index (χ1n) is 7.34. The minimum Gasteiger partial charge on any atom is -0.494 e. The Balaban J connectivity index is 1.94. The van der Waals surface area contributed by atoms with Crippen molar-refractivity contribution in [3.05, 3.63) is 70.3 Å². The Bertz CT molecular complexity index is 938. The summed E-state index contributed by atoms with van der Waals surface area (Å²) < 4.78 is 18.6. The number of halogens is 1. The number of aromatic amines is 1. The van der Waals surface area contributed by atoms with Crippen molar-refractivity contribution >= 4 is 11.6 Å². The largest absolute Gasteiger partial charge is 0.494 e. The molecular weight excluding hydrogens is 309 g/mol. The smallest absolute Gasteiger partial charge is 0.252 e. The van der Waals surface area contributed by atoms with Crippen molar-refractivity contribution in [1.82, 2.24) is 9.97 Å². The number of benzene rings is 2. The molecule has 1 heterocycles. The Morgan fingerprint density at radius 1 is 1.17 bits per heavy atom. The molecule has 0 amide bonds. The SMILES string of the molecule is COc1ccc(Nc2nc(-c3cccc(C)c3)cc(=O)[nH]2)cc1F. The predicted molar refractivity (Wildman–Crippen MR) is 91.3 cm³/mol. The highest BCUT2D eigenvalue weighted by Gasteiger charge is 2.07. The second-order valence-corrected chi connectivity index (χ2v) is 5.32. The lowest BCUT2D eigenvalue weighted by atomic mass is 10.1. The van der Waals surface area contributed by atoms with Gasteiger partial charge in [0.25, 0.3) is 5.56 Å². The molecule has 1 aromatic heterocycles. The predicted octanol–water partition coefficient (Wildman–Crippen LogP) is 3.64. The Morgan fingerprint density at radius 2 is 2.00 bits per heavy atom. The lowest BCUT2D eigenvalue weighted by Crippen LogP contribution is -2.10. The van der Waals surface area contributed by atoms with E-state index in [9.17, 15) is 9.18 Å². The van der Waals surface area contributed by atoms with Crippen LogP contribution in [0.25, 0.3) is 11.3 Å². The summed E-state index contributed by atoms with van der Waals surface area (Å²) in [5.41, 5.74) is 2.61. The number of H-pyrrole nitrogens is 1. The van der Waals surface area contributed by atoms with Crippen LogP contribution < -0.4 is 15.6 Å². The second kappa shape index (κ2) is 6.54. The van der Waals surface area contributed by atoms with Crippen molar-refractivity contribution in [3.63, 3.8) is 0 Å². The highest BCUT2D eigenvalue weighted by Crippen LogP contribution is 2.23. The summed E-state index contributed by atoms with van der Waals surface area (Å²) in [4.78, 5) is 18.9. The highest BCUT2D eigenvalue weighted by atomic mass is 19.1. The molecule has 0 unspecified atom stereocenters. The molecule has 2 N–H and O–H groups in total. The fraction of sp³-hybridized carbons (Fsp3) is 0.111. The third-order valence-electron chi connectivity index (χ3n) is 3.47. The van der Waals surface area contributed by atoms with Gasteiger partial charge in [0.1, 0.15) is 0 Å². The number of anilines is 2. The molecule has 0 spiro atoms. The molecule has 2 aromatic carbocycles. The molecule has 0 saturated heterocycles. The van der Waals surface area contributed by atoms with Crippen molar-refractivity contribution < 1.29 is 9.13 Å². The van der Waals surface area contributed by atoms with Gasteiger partial charge in [-0.25, -0.2) is 9.37 Å². The summed E-state index contributed by atoms with van der Waals surface area (Å²) in [5.74, 6) is -0.112. The van der Waals surface area contributed by atoms with Crippen LogP contribution in [0.5, 0.6) is 5.75 Å². The van der Waals surface area contributed by atoms with Crippen molar-refractivity contribution in [2.45, 2.75) is 6.92 Å². The molecule has 0 aliphatic heterocycles. The molecule has 6 heteroatoms. The number of hydrogen-bond acceptors (Lipinski definition) is 4. The van der Waals surface area contributed by atoms with Gasteiger partial charge in [-0.1, -0.05) is 23.8 Å². The maximum atomic E-state index is 13.8. The fourth-order valence-corrected chi connectivity index (χ4v) is 2.35. The minimum absolute atomic E-state index is 0.149. The van der Waals surface area contributed by atoms with Crippen molar-refractivity contribution in [2.24, 2.45) is 0 Å². The van der Waals surface area contributed by atoms with Crippen molar-refractivity contribution in [2.75, 3.05) is 12.4 Å². The van der Waals surface area contributed by atoms with Gasteiger partial charge in [-0.2, -0.15) is 0 Å². The molecule has 24 heavy (non-hydrogen) atoms. The van der Waals surface area contributed by atoms with Gasteiger partial charge < -0.3 is 10.1 Å². The molecule has 5 nitrogen and oxygen atoms in total. The van der Waals surface area contributed by atoms with E-state index in [1.807, 2.05) is 31.2 Å². The minimum atomic E-state index is -0.500. The molecule has 0 radical (unpaired) electrons. The average Bonchev–Trinajstić information content (AvgIpc) is 2.54. The van der Waals surface area contributed by atoms with E-state index in [0.29, 0.717) is 11.4 Å². The van der Waals surface area contributed by atoms with Gasteiger partial charge in [0.2, 0.25) is 5.95 Å². The quantitative estimate of drug-likeness (QED) is 0.768. The van der Waals surface area contributed by atoms with E-state index in [1.165, 1.54) is 25.3 Å². The number of hydrogen-bond donors (Lipinski definition) is 2. The Labute approximate surface area is 138 Å². The van der Waals surface area contributed by atoms with Gasteiger partial charge in [-0.15, -0.1) is 0 Å². The van der Waals surface area contributed by atoms with Crippen molar-refractivity contribution in [3.8, 4) is 17.0 Å². The zero-order valence-corrected chi connectivity index (χ0v) is 13.3. The number of ether oxygens (including phenoxy) is 1. The monoisotopic (exact) mass is 325 g/mol. The Morgan fingerprint density at radius 3 is 2.71 bits per heavy atom. The molecule has 0 aliphatic carbocycles. The maximum Gasteiger partial charge on any atom is 0.252 e. The summed E-state index contributed by atoms with van der Waals surface area (Å²) in [5, 5.41) is 2.90. The molecule has 0 bridgehead atoms. The van der Waals surface area contributed by atoms with E-state index in [-0.39, 0.29) is 17.3 Å². The molecule has 122 valence electrons. The van der Waals surface area contributed by atoms with Crippen LogP contribution in [0, 0.1) is 12.7 Å².